The van der Waals surface area contributed by atoms with Crippen molar-refractivity contribution in [3.63, 3.8) is 0 Å². The second-order valence-corrected chi connectivity index (χ2v) is 6.88. The first kappa shape index (κ1) is 16.8. The summed E-state index contributed by atoms with van der Waals surface area (Å²) < 4.78 is 1.14. The van der Waals surface area contributed by atoms with Gasteiger partial charge in [-0.25, -0.2) is 0 Å². The summed E-state index contributed by atoms with van der Waals surface area (Å²) in [5, 5.41) is 6.27. The van der Waals surface area contributed by atoms with Crippen LogP contribution in [0.15, 0.2) is 36.4 Å². The van der Waals surface area contributed by atoms with Gasteiger partial charge in [-0.05, 0) is 79.6 Å². The van der Waals surface area contributed by atoms with Crippen LogP contribution < -0.4 is 10.6 Å². The number of halogens is 1. The summed E-state index contributed by atoms with van der Waals surface area (Å²) in [6.07, 6.45) is 0. The maximum atomic E-state index is 12.4. The predicted octanol–water partition coefficient (Wildman–Crippen LogP) is 4.66. The van der Waals surface area contributed by atoms with Crippen molar-refractivity contribution in [3.8, 4) is 0 Å². The summed E-state index contributed by atoms with van der Waals surface area (Å²) in [4.78, 5) is 12.4. The lowest BCUT2D eigenvalue weighted by atomic mass is 10.0. The van der Waals surface area contributed by atoms with E-state index in [1.807, 2.05) is 45.0 Å². The fraction of sp³-hybridized carbons (Fsp3) is 0.278. The van der Waals surface area contributed by atoms with Crippen LogP contribution in [0.2, 0.25) is 0 Å². The number of carbonyl (C=O) groups is 1. The number of carbonyl (C=O) groups excluding carboxylic acids is 1. The van der Waals surface area contributed by atoms with Crippen LogP contribution in [0.25, 0.3) is 0 Å². The zero-order valence-electron chi connectivity index (χ0n) is 13.3. The second-order valence-electron chi connectivity index (χ2n) is 5.64. The number of benzene rings is 2. The highest BCUT2D eigenvalue weighted by atomic mass is 127. The van der Waals surface area contributed by atoms with E-state index in [2.05, 4.69) is 52.3 Å². The molecule has 3 nitrogen and oxygen atoms in total. The molecule has 0 radical (unpaired) electrons. The Bertz CT molecular complexity index is 674. The topological polar surface area (TPSA) is 41.1 Å². The molecule has 4 heteroatoms. The number of hydrogen-bond acceptors (Lipinski definition) is 2. The molecule has 0 bridgehead atoms. The smallest absolute Gasteiger partial charge is 0.246 e. The minimum atomic E-state index is -0.307. The van der Waals surface area contributed by atoms with E-state index in [1.165, 1.54) is 5.56 Å². The van der Waals surface area contributed by atoms with Gasteiger partial charge in [-0.3, -0.25) is 4.79 Å². The molecule has 0 aromatic heterocycles. The van der Waals surface area contributed by atoms with E-state index in [0.29, 0.717) is 0 Å². The van der Waals surface area contributed by atoms with Gasteiger partial charge in [0, 0.05) is 14.9 Å². The van der Waals surface area contributed by atoms with Crippen molar-refractivity contribution in [3.05, 3.63) is 56.7 Å². The van der Waals surface area contributed by atoms with Crippen LogP contribution in [0, 0.1) is 24.3 Å². The summed E-state index contributed by atoms with van der Waals surface area (Å²) >= 11 is 2.26. The molecule has 0 fully saturated rings. The summed E-state index contributed by atoms with van der Waals surface area (Å²) in [5.41, 5.74) is 5.25. The molecule has 0 aliphatic carbocycles. The van der Waals surface area contributed by atoms with E-state index < -0.39 is 0 Å². The molecule has 2 aromatic rings. The van der Waals surface area contributed by atoms with Gasteiger partial charge in [0.1, 0.15) is 6.04 Å². The van der Waals surface area contributed by atoms with Crippen LogP contribution >= 0.6 is 22.6 Å². The third-order valence-corrected chi connectivity index (χ3v) is 4.20. The number of hydrogen-bond donors (Lipinski definition) is 2. The number of aryl methyl sites for hydroxylation is 3. The molecule has 22 heavy (non-hydrogen) atoms. The molecule has 116 valence electrons. The maximum absolute atomic E-state index is 12.4. The molecule has 1 atom stereocenters. The average Bonchev–Trinajstić information content (AvgIpc) is 2.42. The van der Waals surface area contributed by atoms with E-state index in [9.17, 15) is 4.79 Å². The number of rotatable bonds is 4. The molecule has 2 N–H and O–H groups in total. The lowest BCUT2D eigenvalue weighted by Crippen LogP contribution is -2.32. The van der Waals surface area contributed by atoms with Gasteiger partial charge < -0.3 is 10.6 Å². The molecule has 2 aromatic carbocycles. The Kier molecular flexibility index (Phi) is 5.45. The summed E-state index contributed by atoms with van der Waals surface area (Å²) in [6.45, 7) is 7.97. The minimum absolute atomic E-state index is 0.0334. The molecule has 0 spiro atoms. The lowest BCUT2D eigenvalue weighted by molar-refractivity contribution is -0.116. The first-order valence-electron chi connectivity index (χ1n) is 7.27. The fourth-order valence-corrected chi connectivity index (χ4v) is 3.05. The Balaban J connectivity index is 2.09. The Hall–Kier alpha value is -1.56. The van der Waals surface area contributed by atoms with Crippen molar-refractivity contribution in [1.29, 1.82) is 0 Å². The predicted molar refractivity (Wildman–Crippen MR) is 102 cm³/mol. The first-order chi connectivity index (χ1) is 10.4. The minimum Gasteiger partial charge on any atom is -0.374 e. The van der Waals surface area contributed by atoms with Gasteiger partial charge >= 0.3 is 0 Å². The van der Waals surface area contributed by atoms with Crippen LogP contribution in [0.3, 0.4) is 0 Å². The average molecular weight is 408 g/mol. The number of amides is 1. The SMILES string of the molecule is Cc1cc(C)c(NC(=O)[C@@H](C)Nc2cccc(I)c2)c(C)c1. The normalized spacial score (nSPS) is 11.9. The lowest BCUT2D eigenvalue weighted by Gasteiger charge is -2.18. The van der Waals surface area contributed by atoms with Crippen LogP contribution in [0.4, 0.5) is 11.4 Å². The molecule has 1 amide bonds. The maximum Gasteiger partial charge on any atom is 0.246 e. The van der Waals surface area contributed by atoms with Gasteiger partial charge in [0.25, 0.3) is 0 Å². The van der Waals surface area contributed by atoms with E-state index in [0.717, 1.165) is 26.1 Å². The zero-order chi connectivity index (χ0) is 16.3. The molecular formula is C18H21IN2O. The Labute approximate surface area is 145 Å². The van der Waals surface area contributed by atoms with Gasteiger partial charge in [0.05, 0.1) is 0 Å². The van der Waals surface area contributed by atoms with Crippen molar-refractivity contribution in [2.45, 2.75) is 33.7 Å². The third-order valence-electron chi connectivity index (χ3n) is 3.53. The van der Waals surface area contributed by atoms with Gasteiger partial charge in [0.2, 0.25) is 5.91 Å². The zero-order valence-corrected chi connectivity index (χ0v) is 15.5. The van der Waals surface area contributed by atoms with E-state index in [1.54, 1.807) is 0 Å². The van der Waals surface area contributed by atoms with Gasteiger partial charge in [-0.1, -0.05) is 23.8 Å². The largest absolute Gasteiger partial charge is 0.374 e. The number of nitrogens with one attached hydrogen (secondary N) is 2. The Morgan fingerprint density at radius 1 is 1.09 bits per heavy atom. The molecule has 0 saturated carbocycles. The summed E-state index contributed by atoms with van der Waals surface area (Å²) in [6, 6.07) is 11.8. The standard InChI is InChI=1S/C18H21IN2O/c1-11-8-12(2)17(13(3)9-11)21-18(22)14(4)20-16-7-5-6-15(19)10-16/h5-10,14,20H,1-4H3,(H,21,22)/t14-/m1/s1. The van der Waals surface area contributed by atoms with E-state index >= 15 is 0 Å². The van der Waals surface area contributed by atoms with Gasteiger partial charge in [-0.15, -0.1) is 0 Å². The fourth-order valence-electron chi connectivity index (χ4n) is 2.50. The molecule has 0 heterocycles. The highest BCUT2D eigenvalue weighted by Crippen LogP contribution is 2.22. The van der Waals surface area contributed by atoms with E-state index in [4.69, 9.17) is 0 Å². The number of anilines is 2. The molecule has 0 aliphatic heterocycles. The Morgan fingerprint density at radius 2 is 1.73 bits per heavy atom. The van der Waals surface area contributed by atoms with E-state index in [-0.39, 0.29) is 11.9 Å². The highest BCUT2D eigenvalue weighted by molar-refractivity contribution is 14.1. The van der Waals surface area contributed by atoms with Crippen molar-refractivity contribution >= 4 is 39.9 Å². The van der Waals surface area contributed by atoms with Crippen molar-refractivity contribution in [2.75, 3.05) is 10.6 Å². The van der Waals surface area contributed by atoms with Crippen molar-refractivity contribution in [2.24, 2.45) is 0 Å². The third kappa shape index (κ3) is 4.22. The summed E-state index contributed by atoms with van der Waals surface area (Å²) in [5.74, 6) is -0.0334. The Morgan fingerprint density at radius 3 is 2.32 bits per heavy atom. The highest BCUT2D eigenvalue weighted by Gasteiger charge is 2.15. The van der Waals surface area contributed by atoms with Crippen LogP contribution in [-0.2, 0) is 4.79 Å². The monoisotopic (exact) mass is 408 g/mol. The molecule has 2 rings (SSSR count). The van der Waals surface area contributed by atoms with Crippen molar-refractivity contribution in [1.82, 2.24) is 0 Å². The first-order valence-corrected chi connectivity index (χ1v) is 8.35. The van der Waals surface area contributed by atoms with Crippen molar-refractivity contribution < 1.29 is 4.79 Å². The van der Waals surface area contributed by atoms with Crippen LogP contribution in [-0.4, -0.2) is 11.9 Å². The quantitative estimate of drug-likeness (QED) is 0.723. The molecule has 0 saturated heterocycles. The summed E-state index contributed by atoms with van der Waals surface area (Å²) in [7, 11) is 0. The van der Waals surface area contributed by atoms with Crippen LogP contribution in [0.1, 0.15) is 23.6 Å². The van der Waals surface area contributed by atoms with Crippen LogP contribution in [0.5, 0.6) is 0 Å². The molecular weight excluding hydrogens is 387 g/mol. The van der Waals surface area contributed by atoms with Gasteiger partial charge in [0.15, 0.2) is 0 Å². The molecule has 0 aliphatic rings. The molecule has 0 unspecified atom stereocenters. The van der Waals surface area contributed by atoms with Gasteiger partial charge in [-0.2, -0.15) is 0 Å². The second kappa shape index (κ2) is 7.13.